The van der Waals surface area contributed by atoms with Gasteiger partial charge in [0.2, 0.25) is 0 Å². The summed E-state index contributed by atoms with van der Waals surface area (Å²) in [5.41, 5.74) is 6.91. The SMILES string of the molecule is CN[C@H]1CC=C2C=CC3=C2[C@H]1Cc1ccccc1N3. The lowest BCUT2D eigenvalue weighted by Crippen LogP contribution is -2.37. The quantitative estimate of drug-likeness (QED) is 0.800. The third-order valence-corrected chi connectivity index (χ3v) is 4.58. The van der Waals surface area contributed by atoms with Gasteiger partial charge in [0.25, 0.3) is 0 Å². The molecule has 1 aromatic rings. The standard InChI is InChI=1S/C17H18N2/c1-18-15-8-6-11-7-9-16-17(11)13(15)10-12-4-2-3-5-14(12)19-16/h2-7,9,13,15,18-19H,8,10H2,1H3/t13-,15-/m0/s1. The molecule has 1 aliphatic heterocycles. The van der Waals surface area contributed by atoms with Crippen LogP contribution in [0.4, 0.5) is 5.69 Å². The lowest BCUT2D eigenvalue weighted by atomic mass is 9.78. The number of hydrogen-bond donors (Lipinski definition) is 2. The van der Waals surface area contributed by atoms with Crippen molar-refractivity contribution in [2.24, 2.45) is 5.92 Å². The van der Waals surface area contributed by atoms with Crippen LogP contribution < -0.4 is 10.6 Å². The van der Waals surface area contributed by atoms with E-state index in [0.29, 0.717) is 12.0 Å². The molecule has 0 unspecified atom stereocenters. The van der Waals surface area contributed by atoms with Gasteiger partial charge in [-0.05, 0) is 48.7 Å². The van der Waals surface area contributed by atoms with Crippen LogP contribution in [-0.4, -0.2) is 13.1 Å². The summed E-state index contributed by atoms with van der Waals surface area (Å²) in [6.07, 6.45) is 9.10. The van der Waals surface area contributed by atoms with Crippen molar-refractivity contribution in [2.75, 3.05) is 12.4 Å². The Balaban J connectivity index is 1.87. The molecule has 2 atom stereocenters. The number of para-hydroxylation sites is 1. The van der Waals surface area contributed by atoms with Crippen LogP contribution >= 0.6 is 0 Å². The Morgan fingerprint density at radius 2 is 2.11 bits per heavy atom. The average molecular weight is 250 g/mol. The minimum absolute atomic E-state index is 0.543. The van der Waals surface area contributed by atoms with Gasteiger partial charge < -0.3 is 10.6 Å². The second kappa shape index (κ2) is 4.10. The van der Waals surface area contributed by atoms with Crippen molar-refractivity contribution in [1.29, 1.82) is 0 Å². The predicted molar refractivity (Wildman–Crippen MR) is 79.0 cm³/mol. The van der Waals surface area contributed by atoms with E-state index in [0.717, 1.165) is 12.8 Å². The van der Waals surface area contributed by atoms with Crippen molar-refractivity contribution in [3.63, 3.8) is 0 Å². The van der Waals surface area contributed by atoms with Crippen molar-refractivity contribution in [3.05, 3.63) is 64.9 Å². The monoisotopic (exact) mass is 250 g/mol. The number of allylic oxidation sites excluding steroid dienone is 3. The molecule has 1 heterocycles. The molecule has 0 radical (unpaired) electrons. The fourth-order valence-corrected chi connectivity index (χ4v) is 3.59. The summed E-state index contributed by atoms with van der Waals surface area (Å²) in [6, 6.07) is 9.22. The lowest BCUT2D eigenvalue weighted by Gasteiger charge is -2.31. The van der Waals surface area contributed by atoms with Crippen LogP contribution in [0.3, 0.4) is 0 Å². The maximum atomic E-state index is 3.62. The van der Waals surface area contributed by atoms with E-state index in [-0.39, 0.29) is 0 Å². The number of rotatable bonds is 1. The number of nitrogens with one attached hydrogen (secondary N) is 2. The molecule has 0 saturated carbocycles. The first kappa shape index (κ1) is 11.1. The number of anilines is 1. The van der Waals surface area contributed by atoms with E-state index in [9.17, 15) is 0 Å². The van der Waals surface area contributed by atoms with Gasteiger partial charge in [-0.1, -0.05) is 30.4 Å². The summed E-state index contributed by atoms with van der Waals surface area (Å²) in [5, 5.41) is 7.12. The van der Waals surface area contributed by atoms with Gasteiger partial charge in [-0.25, -0.2) is 0 Å². The fraction of sp³-hybridized carbons (Fsp3) is 0.294. The van der Waals surface area contributed by atoms with E-state index in [1.165, 1.54) is 28.1 Å². The molecule has 96 valence electrons. The van der Waals surface area contributed by atoms with Crippen molar-refractivity contribution < 1.29 is 0 Å². The minimum atomic E-state index is 0.543. The largest absolute Gasteiger partial charge is 0.355 e. The summed E-state index contributed by atoms with van der Waals surface area (Å²) in [4.78, 5) is 0. The highest BCUT2D eigenvalue weighted by Crippen LogP contribution is 2.42. The van der Waals surface area contributed by atoms with Gasteiger partial charge in [-0.2, -0.15) is 0 Å². The molecule has 0 spiro atoms. The van der Waals surface area contributed by atoms with Crippen molar-refractivity contribution in [3.8, 4) is 0 Å². The predicted octanol–water partition coefficient (Wildman–Crippen LogP) is 3.01. The molecule has 0 saturated heterocycles. The minimum Gasteiger partial charge on any atom is -0.355 e. The Morgan fingerprint density at radius 3 is 3.00 bits per heavy atom. The van der Waals surface area contributed by atoms with Crippen LogP contribution in [0, 0.1) is 5.92 Å². The second-order valence-corrected chi connectivity index (χ2v) is 5.54. The topological polar surface area (TPSA) is 24.1 Å². The molecule has 19 heavy (non-hydrogen) atoms. The van der Waals surface area contributed by atoms with Gasteiger partial charge in [0.15, 0.2) is 0 Å². The normalized spacial score (nSPS) is 27.3. The van der Waals surface area contributed by atoms with Gasteiger partial charge in [0, 0.05) is 23.3 Å². The van der Waals surface area contributed by atoms with E-state index >= 15 is 0 Å². The Labute approximate surface area is 113 Å². The molecule has 4 rings (SSSR count). The van der Waals surface area contributed by atoms with Gasteiger partial charge >= 0.3 is 0 Å². The van der Waals surface area contributed by atoms with Gasteiger partial charge in [0.1, 0.15) is 0 Å². The summed E-state index contributed by atoms with van der Waals surface area (Å²) in [5.74, 6) is 0.575. The number of fused-ring (bicyclic) bond motifs is 1. The summed E-state index contributed by atoms with van der Waals surface area (Å²) < 4.78 is 0. The van der Waals surface area contributed by atoms with Crippen LogP contribution in [-0.2, 0) is 6.42 Å². The molecule has 2 N–H and O–H groups in total. The molecule has 2 nitrogen and oxygen atoms in total. The molecule has 0 fully saturated rings. The van der Waals surface area contributed by atoms with E-state index in [1.807, 2.05) is 0 Å². The molecule has 2 aliphatic carbocycles. The number of benzene rings is 1. The highest BCUT2D eigenvalue weighted by Gasteiger charge is 2.34. The number of hydrogen-bond acceptors (Lipinski definition) is 2. The van der Waals surface area contributed by atoms with Gasteiger partial charge in [0.05, 0.1) is 0 Å². The lowest BCUT2D eigenvalue weighted by molar-refractivity contribution is 0.412. The Bertz CT molecular complexity index is 622. The molecule has 0 amide bonds. The first-order valence-electron chi connectivity index (χ1n) is 7.02. The van der Waals surface area contributed by atoms with Crippen LogP contribution in [0.25, 0.3) is 0 Å². The van der Waals surface area contributed by atoms with Crippen LogP contribution in [0.2, 0.25) is 0 Å². The molecule has 2 heteroatoms. The summed E-state index contributed by atoms with van der Waals surface area (Å²) >= 11 is 0. The first-order valence-corrected chi connectivity index (χ1v) is 7.02. The van der Waals surface area contributed by atoms with Gasteiger partial charge in [-0.15, -0.1) is 0 Å². The van der Waals surface area contributed by atoms with E-state index in [2.05, 4.69) is 60.2 Å². The Morgan fingerprint density at radius 1 is 1.21 bits per heavy atom. The van der Waals surface area contributed by atoms with Crippen molar-refractivity contribution in [1.82, 2.24) is 5.32 Å². The molecule has 0 bridgehead atoms. The second-order valence-electron chi connectivity index (χ2n) is 5.54. The van der Waals surface area contributed by atoms with E-state index in [4.69, 9.17) is 0 Å². The first-order chi connectivity index (χ1) is 9.36. The Kier molecular flexibility index (Phi) is 2.39. The smallest absolute Gasteiger partial charge is 0.0426 e. The Hall–Kier alpha value is -1.80. The average Bonchev–Trinajstić information content (AvgIpc) is 2.76. The highest BCUT2D eigenvalue weighted by atomic mass is 14.9. The van der Waals surface area contributed by atoms with Crippen LogP contribution in [0.1, 0.15) is 12.0 Å². The maximum absolute atomic E-state index is 3.62. The van der Waals surface area contributed by atoms with Gasteiger partial charge in [-0.3, -0.25) is 0 Å². The van der Waals surface area contributed by atoms with E-state index in [1.54, 1.807) is 0 Å². The van der Waals surface area contributed by atoms with Crippen molar-refractivity contribution >= 4 is 5.69 Å². The summed E-state index contributed by atoms with van der Waals surface area (Å²) in [6.45, 7) is 0. The third kappa shape index (κ3) is 1.60. The fourth-order valence-electron chi connectivity index (χ4n) is 3.59. The molecular formula is C17H18N2. The zero-order valence-electron chi connectivity index (χ0n) is 11.1. The van der Waals surface area contributed by atoms with Crippen molar-refractivity contribution in [2.45, 2.75) is 18.9 Å². The molecule has 3 aliphatic rings. The van der Waals surface area contributed by atoms with Crippen LogP contribution in [0.15, 0.2) is 59.3 Å². The van der Waals surface area contributed by atoms with Crippen LogP contribution in [0.5, 0.6) is 0 Å². The zero-order valence-corrected chi connectivity index (χ0v) is 11.1. The summed E-state index contributed by atoms with van der Waals surface area (Å²) in [7, 11) is 2.08. The molecular weight excluding hydrogens is 232 g/mol. The molecule has 0 aromatic heterocycles. The molecule has 1 aromatic carbocycles. The highest BCUT2D eigenvalue weighted by molar-refractivity contribution is 5.67. The van der Waals surface area contributed by atoms with E-state index < -0.39 is 0 Å². The zero-order chi connectivity index (χ0) is 12.8. The third-order valence-electron chi connectivity index (χ3n) is 4.58. The maximum Gasteiger partial charge on any atom is 0.0426 e.